The van der Waals surface area contributed by atoms with Crippen LogP contribution in [0.1, 0.15) is 19.3 Å². The molecular formula is C6H16N2O2. The fourth-order valence-electron chi connectivity index (χ4n) is 0.794. The van der Waals surface area contributed by atoms with Crippen molar-refractivity contribution in [2.75, 3.05) is 13.2 Å². The molecule has 0 aromatic heterocycles. The van der Waals surface area contributed by atoms with Gasteiger partial charge >= 0.3 is 0 Å². The van der Waals surface area contributed by atoms with Crippen molar-refractivity contribution in [1.29, 1.82) is 0 Å². The van der Waals surface area contributed by atoms with E-state index < -0.39 is 0 Å². The lowest BCUT2D eigenvalue weighted by Crippen LogP contribution is -2.27. The normalized spacial score (nSPS) is 13.5. The zero-order valence-electron chi connectivity index (χ0n) is 6.08. The van der Waals surface area contributed by atoms with Crippen LogP contribution in [-0.4, -0.2) is 29.5 Å². The average molecular weight is 148 g/mol. The van der Waals surface area contributed by atoms with Crippen LogP contribution in [0.25, 0.3) is 0 Å². The second-order valence-electron chi connectivity index (χ2n) is 2.27. The van der Waals surface area contributed by atoms with Crippen LogP contribution in [0.2, 0.25) is 0 Å². The smallest absolute Gasteiger partial charge is 0.0446 e. The molecule has 0 aromatic carbocycles. The number of nitrogens with one attached hydrogen (secondary N) is 1. The molecule has 1 atom stereocenters. The number of aliphatic hydroxyl groups excluding tert-OH is 1. The number of aliphatic hydroxyl groups is 1. The highest BCUT2D eigenvalue weighted by Crippen LogP contribution is 1.98. The highest BCUT2D eigenvalue weighted by Gasteiger charge is 2.03. The van der Waals surface area contributed by atoms with Crippen LogP contribution in [0.3, 0.4) is 0 Å². The maximum atomic E-state index is 8.48. The third kappa shape index (κ3) is 4.69. The minimum absolute atomic E-state index is 0.00597. The van der Waals surface area contributed by atoms with Crippen molar-refractivity contribution in [2.45, 2.75) is 25.3 Å². The summed E-state index contributed by atoms with van der Waals surface area (Å²) in [6.45, 7) is 0.729. The van der Waals surface area contributed by atoms with Crippen LogP contribution < -0.4 is 11.2 Å². The lowest BCUT2D eigenvalue weighted by molar-refractivity contribution is 0.105. The minimum Gasteiger partial charge on any atom is -0.396 e. The van der Waals surface area contributed by atoms with Gasteiger partial charge in [0.15, 0.2) is 0 Å². The van der Waals surface area contributed by atoms with E-state index in [9.17, 15) is 0 Å². The molecule has 0 aliphatic rings. The second kappa shape index (κ2) is 6.95. The zero-order valence-corrected chi connectivity index (χ0v) is 6.08. The molecule has 5 N–H and O–H groups in total. The summed E-state index contributed by atoms with van der Waals surface area (Å²) in [7, 11) is 0. The Balaban J connectivity index is 3.21. The largest absolute Gasteiger partial charge is 0.396 e. The molecule has 0 fully saturated rings. The predicted molar refractivity (Wildman–Crippen MR) is 38.7 cm³/mol. The Morgan fingerprint density at radius 3 is 2.50 bits per heavy atom. The molecule has 0 spiro atoms. The third-order valence-corrected chi connectivity index (χ3v) is 1.42. The van der Waals surface area contributed by atoms with Crippen LogP contribution >= 0.6 is 0 Å². The van der Waals surface area contributed by atoms with Gasteiger partial charge in [0.2, 0.25) is 0 Å². The van der Waals surface area contributed by atoms with Crippen molar-refractivity contribution in [3.63, 3.8) is 0 Å². The number of hydrogen-bond acceptors (Lipinski definition) is 4. The van der Waals surface area contributed by atoms with Crippen molar-refractivity contribution in [3.05, 3.63) is 0 Å². The van der Waals surface area contributed by atoms with Gasteiger partial charge in [-0.25, -0.2) is 5.48 Å². The van der Waals surface area contributed by atoms with Crippen molar-refractivity contribution in [2.24, 2.45) is 5.73 Å². The molecule has 0 aliphatic heterocycles. The SMILES string of the molecule is NCCCC(CCO)NO. The van der Waals surface area contributed by atoms with Gasteiger partial charge in [0.05, 0.1) is 0 Å². The molecule has 0 radical (unpaired) electrons. The summed E-state index contributed by atoms with van der Waals surface area (Å²) in [5, 5.41) is 17.0. The van der Waals surface area contributed by atoms with Gasteiger partial charge < -0.3 is 16.0 Å². The zero-order chi connectivity index (χ0) is 7.82. The number of hydroxylamine groups is 1. The van der Waals surface area contributed by atoms with Crippen LogP contribution in [-0.2, 0) is 0 Å². The maximum Gasteiger partial charge on any atom is 0.0446 e. The topological polar surface area (TPSA) is 78.5 Å². The third-order valence-electron chi connectivity index (χ3n) is 1.42. The van der Waals surface area contributed by atoms with E-state index >= 15 is 0 Å². The quantitative estimate of drug-likeness (QED) is 0.381. The van der Waals surface area contributed by atoms with Crippen LogP contribution in [0.4, 0.5) is 0 Å². The molecule has 0 saturated heterocycles. The van der Waals surface area contributed by atoms with E-state index in [1.54, 1.807) is 0 Å². The number of hydrogen-bond donors (Lipinski definition) is 4. The van der Waals surface area contributed by atoms with Crippen molar-refractivity contribution in [1.82, 2.24) is 5.48 Å². The van der Waals surface area contributed by atoms with Gasteiger partial charge in [-0.3, -0.25) is 0 Å². The lowest BCUT2D eigenvalue weighted by atomic mass is 10.1. The molecule has 0 rings (SSSR count). The molecule has 0 heterocycles. The summed E-state index contributed by atoms with van der Waals surface area (Å²) in [5.41, 5.74) is 7.38. The average Bonchev–Trinajstić information content (AvgIpc) is 1.98. The second-order valence-corrected chi connectivity index (χ2v) is 2.27. The number of nitrogens with two attached hydrogens (primary N) is 1. The molecule has 4 heteroatoms. The molecule has 0 aromatic rings. The number of rotatable bonds is 6. The summed E-state index contributed by atoms with van der Waals surface area (Å²) in [5.74, 6) is 0. The molecule has 0 amide bonds. The van der Waals surface area contributed by atoms with Crippen molar-refractivity contribution >= 4 is 0 Å². The highest BCUT2D eigenvalue weighted by molar-refractivity contribution is 4.60. The van der Waals surface area contributed by atoms with Gasteiger partial charge in [-0.2, -0.15) is 0 Å². The maximum absolute atomic E-state index is 8.48. The Kier molecular flexibility index (Phi) is 6.84. The molecule has 10 heavy (non-hydrogen) atoms. The van der Waals surface area contributed by atoms with Crippen LogP contribution in [0, 0.1) is 0 Å². The van der Waals surface area contributed by atoms with E-state index in [1.165, 1.54) is 0 Å². The molecule has 0 aliphatic carbocycles. The highest BCUT2D eigenvalue weighted by atomic mass is 16.5. The lowest BCUT2D eigenvalue weighted by Gasteiger charge is -2.11. The first-order chi connectivity index (χ1) is 4.85. The van der Waals surface area contributed by atoms with Gasteiger partial charge in [-0.1, -0.05) is 0 Å². The Morgan fingerprint density at radius 1 is 1.40 bits per heavy atom. The van der Waals surface area contributed by atoms with Gasteiger partial charge in [-0.05, 0) is 25.8 Å². The van der Waals surface area contributed by atoms with E-state index in [0.29, 0.717) is 13.0 Å². The van der Waals surface area contributed by atoms with Crippen LogP contribution in [0.5, 0.6) is 0 Å². The fourth-order valence-corrected chi connectivity index (χ4v) is 0.794. The summed E-state index contributed by atoms with van der Waals surface area (Å²) in [6, 6.07) is -0.00597. The first kappa shape index (κ1) is 9.84. The molecule has 62 valence electrons. The van der Waals surface area contributed by atoms with E-state index in [-0.39, 0.29) is 12.6 Å². The Bertz CT molecular complexity index is 70.8. The summed E-state index contributed by atoms with van der Waals surface area (Å²) < 4.78 is 0. The Labute approximate surface area is 61.0 Å². The summed E-state index contributed by atoms with van der Waals surface area (Å²) >= 11 is 0. The van der Waals surface area contributed by atoms with Gasteiger partial charge in [0, 0.05) is 12.6 Å². The minimum atomic E-state index is -0.00597. The van der Waals surface area contributed by atoms with E-state index in [4.69, 9.17) is 16.0 Å². The summed E-state index contributed by atoms with van der Waals surface area (Å²) in [4.78, 5) is 0. The molecule has 4 nitrogen and oxygen atoms in total. The fraction of sp³-hybridized carbons (Fsp3) is 1.00. The van der Waals surface area contributed by atoms with Crippen LogP contribution in [0.15, 0.2) is 0 Å². The summed E-state index contributed by atoms with van der Waals surface area (Å²) in [6.07, 6.45) is 2.27. The van der Waals surface area contributed by atoms with Crippen molar-refractivity contribution < 1.29 is 10.3 Å². The first-order valence-electron chi connectivity index (χ1n) is 3.55. The van der Waals surface area contributed by atoms with Crippen molar-refractivity contribution in [3.8, 4) is 0 Å². The van der Waals surface area contributed by atoms with E-state index in [1.807, 2.05) is 0 Å². The van der Waals surface area contributed by atoms with E-state index in [2.05, 4.69) is 5.48 Å². The monoisotopic (exact) mass is 148 g/mol. The van der Waals surface area contributed by atoms with E-state index in [0.717, 1.165) is 12.8 Å². The predicted octanol–water partition coefficient (Wildman–Crippen LogP) is -0.545. The van der Waals surface area contributed by atoms with Gasteiger partial charge in [-0.15, -0.1) is 0 Å². The Hall–Kier alpha value is -0.160. The van der Waals surface area contributed by atoms with Gasteiger partial charge in [0.1, 0.15) is 0 Å². The van der Waals surface area contributed by atoms with Gasteiger partial charge in [0.25, 0.3) is 0 Å². The Morgan fingerprint density at radius 2 is 2.10 bits per heavy atom. The molecule has 0 bridgehead atoms. The first-order valence-corrected chi connectivity index (χ1v) is 3.55. The molecule has 0 saturated carbocycles. The molecule has 1 unspecified atom stereocenters. The standard InChI is InChI=1S/C6H16N2O2/c7-4-1-2-6(8-10)3-5-9/h6,8-10H,1-5,7H2. The molecular weight excluding hydrogens is 132 g/mol.